The van der Waals surface area contributed by atoms with Gasteiger partial charge in [-0.25, -0.2) is 4.98 Å². The second kappa shape index (κ2) is 5.11. The maximum atomic E-state index is 12.0. The van der Waals surface area contributed by atoms with E-state index in [2.05, 4.69) is 9.80 Å². The Balaban J connectivity index is 1.59. The van der Waals surface area contributed by atoms with Gasteiger partial charge in [-0.15, -0.1) is 0 Å². The minimum absolute atomic E-state index is 0.312. The molecule has 0 spiro atoms. The fourth-order valence-electron chi connectivity index (χ4n) is 3.77. The summed E-state index contributed by atoms with van der Waals surface area (Å²) in [5, 5.41) is 1.10. The molecule has 2 saturated heterocycles. The highest BCUT2D eigenvalue weighted by molar-refractivity contribution is 7.17. The molecule has 3 aliphatic rings. The number of fused-ring (bicyclic) bond motifs is 2. The highest BCUT2D eigenvalue weighted by atomic mass is 32.1. The van der Waals surface area contributed by atoms with Crippen molar-refractivity contribution in [1.29, 1.82) is 0 Å². The SMILES string of the molecule is O=C1CCCc2nc(N3CCCN4CCCC4C3)sc21. The topological polar surface area (TPSA) is 36.4 Å². The average Bonchev–Trinajstić information content (AvgIpc) is 3.02. The van der Waals surface area contributed by atoms with E-state index < -0.39 is 0 Å². The maximum Gasteiger partial charge on any atom is 0.186 e. The lowest BCUT2D eigenvalue weighted by molar-refractivity contribution is 0.0976. The zero-order chi connectivity index (χ0) is 13.5. The van der Waals surface area contributed by atoms with Crippen LogP contribution in [0.2, 0.25) is 0 Å². The van der Waals surface area contributed by atoms with Crippen LogP contribution < -0.4 is 4.90 Å². The number of hydrogen-bond acceptors (Lipinski definition) is 5. The first-order valence-electron chi connectivity index (χ1n) is 7.83. The molecule has 4 nitrogen and oxygen atoms in total. The number of hydrogen-bond donors (Lipinski definition) is 0. The lowest BCUT2D eigenvalue weighted by Gasteiger charge is -2.25. The second-order valence-electron chi connectivity index (χ2n) is 6.18. The molecule has 0 aromatic carbocycles. The van der Waals surface area contributed by atoms with Crippen molar-refractivity contribution in [2.75, 3.05) is 31.1 Å². The van der Waals surface area contributed by atoms with Crippen molar-refractivity contribution in [3.63, 3.8) is 0 Å². The van der Waals surface area contributed by atoms with Crippen LogP contribution in [0.15, 0.2) is 0 Å². The third-order valence-corrected chi connectivity index (χ3v) is 6.03. The molecule has 0 radical (unpaired) electrons. The molecule has 1 aliphatic carbocycles. The standard InChI is InChI=1S/C15H21N3OS/c19-13-6-1-5-12-14(13)20-15(16-12)18-9-3-8-17-7-2-4-11(17)10-18/h11H,1-10H2. The third kappa shape index (κ3) is 2.17. The van der Waals surface area contributed by atoms with Gasteiger partial charge in [-0.05, 0) is 38.6 Å². The molecule has 4 rings (SSSR count). The number of anilines is 1. The van der Waals surface area contributed by atoms with Crippen LogP contribution in [0.25, 0.3) is 0 Å². The maximum absolute atomic E-state index is 12.0. The van der Waals surface area contributed by atoms with Crippen LogP contribution in [0.4, 0.5) is 5.13 Å². The number of aryl methyl sites for hydroxylation is 1. The number of nitrogens with zero attached hydrogens (tertiary/aromatic N) is 3. The Morgan fingerprint density at radius 1 is 1.10 bits per heavy atom. The summed E-state index contributed by atoms with van der Waals surface area (Å²) in [6.45, 7) is 4.69. The Hall–Kier alpha value is -0.940. The Morgan fingerprint density at radius 2 is 2.00 bits per heavy atom. The van der Waals surface area contributed by atoms with Gasteiger partial charge in [-0.2, -0.15) is 0 Å². The number of aromatic nitrogens is 1. The molecule has 0 saturated carbocycles. The fourth-order valence-corrected chi connectivity index (χ4v) is 4.89. The first-order chi connectivity index (χ1) is 9.81. The molecule has 108 valence electrons. The van der Waals surface area contributed by atoms with Gasteiger partial charge in [-0.3, -0.25) is 9.69 Å². The van der Waals surface area contributed by atoms with Crippen molar-refractivity contribution in [3.8, 4) is 0 Å². The number of ketones is 1. The van der Waals surface area contributed by atoms with E-state index in [0.717, 1.165) is 41.6 Å². The molecule has 5 heteroatoms. The van der Waals surface area contributed by atoms with Gasteiger partial charge in [0.25, 0.3) is 0 Å². The predicted octanol–water partition coefficient (Wildman–Crippen LogP) is 2.34. The van der Waals surface area contributed by atoms with E-state index in [1.54, 1.807) is 11.3 Å². The van der Waals surface area contributed by atoms with Crippen molar-refractivity contribution in [2.45, 2.75) is 44.6 Å². The number of thiazole rings is 1. The summed E-state index contributed by atoms with van der Waals surface area (Å²) in [4.78, 5) is 22.8. The summed E-state index contributed by atoms with van der Waals surface area (Å²) < 4.78 is 0. The molecule has 0 amide bonds. The van der Waals surface area contributed by atoms with Crippen molar-refractivity contribution in [3.05, 3.63) is 10.6 Å². The van der Waals surface area contributed by atoms with Gasteiger partial charge >= 0.3 is 0 Å². The summed E-state index contributed by atoms with van der Waals surface area (Å²) in [6.07, 6.45) is 6.55. The predicted molar refractivity (Wildman–Crippen MR) is 80.8 cm³/mol. The summed E-state index contributed by atoms with van der Waals surface area (Å²) in [5.74, 6) is 0.312. The van der Waals surface area contributed by atoms with Crippen molar-refractivity contribution in [1.82, 2.24) is 9.88 Å². The van der Waals surface area contributed by atoms with Gasteiger partial charge in [-0.1, -0.05) is 11.3 Å². The van der Waals surface area contributed by atoms with Gasteiger partial charge in [0.15, 0.2) is 10.9 Å². The number of rotatable bonds is 1. The molecular weight excluding hydrogens is 270 g/mol. The molecule has 3 heterocycles. The largest absolute Gasteiger partial charge is 0.346 e. The van der Waals surface area contributed by atoms with Gasteiger partial charge in [0.05, 0.1) is 10.6 Å². The van der Waals surface area contributed by atoms with Gasteiger partial charge in [0.1, 0.15) is 0 Å². The van der Waals surface area contributed by atoms with E-state index in [-0.39, 0.29) is 0 Å². The lowest BCUT2D eigenvalue weighted by atomic mass is 10.0. The summed E-state index contributed by atoms with van der Waals surface area (Å²) in [6, 6.07) is 0.703. The molecule has 0 bridgehead atoms. The van der Waals surface area contributed by atoms with Crippen LogP contribution in [0.5, 0.6) is 0 Å². The van der Waals surface area contributed by atoms with E-state index in [1.165, 1.54) is 32.4 Å². The first kappa shape index (κ1) is 12.8. The highest BCUT2D eigenvalue weighted by Gasteiger charge is 2.31. The van der Waals surface area contributed by atoms with Crippen LogP contribution in [0.3, 0.4) is 0 Å². The molecule has 0 N–H and O–H groups in total. The molecule has 1 aromatic rings. The zero-order valence-electron chi connectivity index (χ0n) is 11.8. The van der Waals surface area contributed by atoms with Crippen molar-refractivity contribution < 1.29 is 4.79 Å². The van der Waals surface area contributed by atoms with Crippen LogP contribution in [0, 0.1) is 0 Å². The lowest BCUT2D eigenvalue weighted by Crippen LogP contribution is -2.36. The third-order valence-electron chi connectivity index (χ3n) is 4.83. The van der Waals surface area contributed by atoms with Gasteiger partial charge < -0.3 is 4.90 Å². The second-order valence-corrected chi connectivity index (χ2v) is 7.16. The molecule has 2 aliphatic heterocycles. The first-order valence-corrected chi connectivity index (χ1v) is 8.65. The molecule has 1 atom stereocenters. The minimum Gasteiger partial charge on any atom is -0.346 e. The molecular formula is C15H21N3OS. The van der Waals surface area contributed by atoms with E-state index >= 15 is 0 Å². The summed E-state index contributed by atoms with van der Waals surface area (Å²) in [7, 11) is 0. The van der Waals surface area contributed by atoms with Gasteiger partial charge in [0.2, 0.25) is 0 Å². The average molecular weight is 291 g/mol. The normalized spacial score (nSPS) is 27.3. The van der Waals surface area contributed by atoms with E-state index in [1.807, 2.05) is 0 Å². The Bertz CT molecular complexity index is 527. The van der Waals surface area contributed by atoms with Crippen LogP contribution in [-0.4, -0.2) is 47.9 Å². The van der Waals surface area contributed by atoms with Crippen molar-refractivity contribution >= 4 is 22.3 Å². The van der Waals surface area contributed by atoms with E-state index in [4.69, 9.17) is 4.98 Å². The number of carbonyl (C=O) groups excluding carboxylic acids is 1. The quantitative estimate of drug-likeness (QED) is 0.796. The van der Waals surface area contributed by atoms with Gasteiger partial charge in [0, 0.05) is 32.1 Å². The van der Waals surface area contributed by atoms with E-state index in [0.29, 0.717) is 18.2 Å². The molecule has 20 heavy (non-hydrogen) atoms. The summed E-state index contributed by atoms with van der Waals surface area (Å²) in [5.41, 5.74) is 1.06. The van der Waals surface area contributed by atoms with E-state index in [9.17, 15) is 4.79 Å². The minimum atomic E-state index is 0.312. The smallest absolute Gasteiger partial charge is 0.186 e. The molecule has 2 fully saturated rings. The molecule has 1 aromatic heterocycles. The highest BCUT2D eigenvalue weighted by Crippen LogP contribution is 2.33. The van der Waals surface area contributed by atoms with Crippen LogP contribution in [0.1, 0.15) is 47.5 Å². The van der Waals surface area contributed by atoms with Crippen molar-refractivity contribution in [2.24, 2.45) is 0 Å². The number of Topliss-reactive ketones (excluding diaryl/α,β-unsaturated/α-hetero) is 1. The zero-order valence-corrected chi connectivity index (χ0v) is 12.6. The van der Waals surface area contributed by atoms with Crippen LogP contribution >= 0.6 is 11.3 Å². The monoisotopic (exact) mass is 291 g/mol. The van der Waals surface area contributed by atoms with Crippen LogP contribution in [-0.2, 0) is 6.42 Å². The summed E-state index contributed by atoms with van der Waals surface area (Å²) >= 11 is 1.64. The Labute approximate surface area is 123 Å². The number of carbonyl (C=O) groups is 1. The molecule has 1 unspecified atom stereocenters. The Morgan fingerprint density at radius 3 is 2.90 bits per heavy atom. The Kier molecular flexibility index (Phi) is 3.27. The fraction of sp³-hybridized carbons (Fsp3) is 0.733.